The topological polar surface area (TPSA) is 42.2 Å². The predicted molar refractivity (Wildman–Crippen MR) is 80.0 cm³/mol. The second kappa shape index (κ2) is 6.34. The van der Waals surface area contributed by atoms with E-state index in [2.05, 4.69) is 54.1 Å². The Balaban J connectivity index is 2.28. The lowest BCUT2D eigenvalue weighted by Gasteiger charge is -2.25. The number of anilines is 1. The molecule has 0 saturated carbocycles. The molecule has 1 heterocycles. The van der Waals surface area contributed by atoms with E-state index in [1.54, 1.807) is 6.20 Å². The van der Waals surface area contributed by atoms with Crippen LogP contribution in [0.15, 0.2) is 42.6 Å². The summed E-state index contributed by atoms with van der Waals surface area (Å²) in [6.45, 7) is 6.61. The number of hydrogen-bond acceptors (Lipinski definition) is 3. The van der Waals surface area contributed by atoms with Gasteiger partial charge in [-0.05, 0) is 37.1 Å². The van der Waals surface area contributed by atoms with E-state index in [1.807, 2.05) is 6.07 Å². The van der Waals surface area contributed by atoms with Gasteiger partial charge in [0.25, 0.3) is 0 Å². The zero-order chi connectivity index (χ0) is 13.7. The Hall–Kier alpha value is -1.87. The average molecular weight is 255 g/mol. The zero-order valence-corrected chi connectivity index (χ0v) is 11.6. The highest BCUT2D eigenvalue weighted by Gasteiger charge is 2.10. The molecule has 3 heteroatoms. The highest BCUT2D eigenvalue weighted by molar-refractivity contribution is 5.51. The summed E-state index contributed by atoms with van der Waals surface area (Å²) >= 11 is 0. The fourth-order valence-corrected chi connectivity index (χ4v) is 2.24. The van der Waals surface area contributed by atoms with Crippen LogP contribution in [-0.4, -0.2) is 11.5 Å². The lowest BCUT2D eigenvalue weighted by atomic mass is 10.1. The maximum absolute atomic E-state index is 5.78. The van der Waals surface area contributed by atoms with Crippen molar-refractivity contribution in [3.63, 3.8) is 0 Å². The van der Waals surface area contributed by atoms with Crippen LogP contribution in [0, 0.1) is 6.92 Å². The SMILES string of the molecule is CCN(Cc1ccccc1C)c1cccnc1CN. The van der Waals surface area contributed by atoms with Crippen molar-refractivity contribution in [1.82, 2.24) is 4.98 Å². The Bertz CT molecular complexity index is 537. The Labute approximate surface area is 115 Å². The van der Waals surface area contributed by atoms with Crippen LogP contribution in [0.25, 0.3) is 0 Å². The van der Waals surface area contributed by atoms with E-state index in [9.17, 15) is 0 Å². The van der Waals surface area contributed by atoms with Gasteiger partial charge in [0.1, 0.15) is 0 Å². The average Bonchev–Trinajstić information content (AvgIpc) is 2.46. The van der Waals surface area contributed by atoms with E-state index in [4.69, 9.17) is 5.73 Å². The van der Waals surface area contributed by atoms with Crippen molar-refractivity contribution < 1.29 is 0 Å². The van der Waals surface area contributed by atoms with Crippen molar-refractivity contribution in [1.29, 1.82) is 0 Å². The molecule has 0 aliphatic carbocycles. The molecule has 2 rings (SSSR count). The second-order valence-corrected chi connectivity index (χ2v) is 4.61. The summed E-state index contributed by atoms with van der Waals surface area (Å²) in [5.74, 6) is 0. The number of pyridine rings is 1. The summed E-state index contributed by atoms with van der Waals surface area (Å²) in [6.07, 6.45) is 1.80. The summed E-state index contributed by atoms with van der Waals surface area (Å²) in [7, 11) is 0. The van der Waals surface area contributed by atoms with E-state index in [-0.39, 0.29) is 0 Å². The van der Waals surface area contributed by atoms with Crippen molar-refractivity contribution in [3.8, 4) is 0 Å². The molecule has 0 fully saturated rings. The summed E-state index contributed by atoms with van der Waals surface area (Å²) in [4.78, 5) is 6.68. The number of rotatable bonds is 5. The van der Waals surface area contributed by atoms with Gasteiger partial charge in [0.2, 0.25) is 0 Å². The van der Waals surface area contributed by atoms with Gasteiger partial charge in [0, 0.05) is 25.8 Å². The summed E-state index contributed by atoms with van der Waals surface area (Å²) < 4.78 is 0. The third-order valence-corrected chi connectivity index (χ3v) is 3.40. The van der Waals surface area contributed by atoms with E-state index in [0.29, 0.717) is 6.54 Å². The molecule has 1 aromatic carbocycles. The van der Waals surface area contributed by atoms with E-state index in [0.717, 1.165) is 24.5 Å². The molecule has 2 aromatic rings. The molecule has 0 amide bonds. The Kier molecular flexibility index (Phi) is 4.53. The van der Waals surface area contributed by atoms with Gasteiger partial charge in [-0.1, -0.05) is 24.3 Å². The van der Waals surface area contributed by atoms with Crippen molar-refractivity contribution in [2.45, 2.75) is 26.9 Å². The van der Waals surface area contributed by atoms with E-state index in [1.165, 1.54) is 11.1 Å². The van der Waals surface area contributed by atoms with Gasteiger partial charge in [-0.25, -0.2) is 0 Å². The lowest BCUT2D eigenvalue weighted by molar-refractivity contribution is 0.808. The molecular weight excluding hydrogens is 234 g/mol. The summed E-state index contributed by atoms with van der Waals surface area (Å²) in [5, 5.41) is 0. The number of nitrogens with two attached hydrogens (primary N) is 1. The van der Waals surface area contributed by atoms with Gasteiger partial charge < -0.3 is 10.6 Å². The number of aryl methyl sites for hydroxylation is 1. The third kappa shape index (κ3) is 3.12. The van der Waals surface area contributed by atoms with Crippen LogP contribution in [-0.2, 0) is 13.1 Å². The first kappa shape index (κ1) is 13.6. The number of benzene rings is 1. The molecule has 0 radical (unpaired) electrons. The summed E-state index contributed by atoms with van der Waals surface area (Å²) in [6, 6.07) is 12.5. The standard InChI is InChI=1S/C16H21N3/c1-3-19(12-14-8-5-4-7-13(14)2)16-9-6-10-18-15(16)11-17/h4-10H,3,11-12,17H2,1-2H3. The maximum Gasteiger partial charge on any atom is 0.0772 e. The van der Waals surface area contributed by atoms with Gasteiger partial charge in [0.05, 0.1) is 11.4 Å². The van der Waals surface area contributed by atoms with Crippen LogP contribution < -0.4 is 10.6 Å². The van der Waals surface area contributed by atoms with Crippen molar-refractivity contribution in [2.75, 3.05) is 11.4 Å². The molecule has 0 aliphatic rings. The van der Waals surface area contributed by atoms with Crippen LogP contribution in [0.3, 0.4) is 0 Å². The molecule has 0 atom stereocenters. The number of hydrogen-bond donors (Lipinski definition) is 1. The fourth-order valence-electron chi connectivity index (χ4n) is 2.24. The zero-order valence-electron chi connectivity index (χ0n) is 11.6. The van der Waals surface area contributed by atoms with Gasteiger partial charge >= 0.3 is 0 Å². The largest absolute Gasteiger partial charge is 0.366 e. The van der Waals surface area contributed by atoms with Gasteiger partial charge in [0.15, 0.2) is 0 Å². The Morgan fingerprint density at radius 1 is 1.16 bits per heavy atom. The van der Waals surface area contributed by atoms with Crippen LogP contribution in [0.4, 0.5) is 5.69 Å². The fraction of sp³-hybridized carbons (Fsp3) is 0.312. The normalized spacial score (nSPS) is 10.5. The minimum Gasteiger partial charge on any atom is -0.366 e. The summed E-state index contributed by atoms with van der Waals surface area (Å²) in [5.41, 5.74) is 10.5. The lowest BCUT2D eigenvalue weighted by Crippen LogP contribution is -2.24. The van der Waals surface area contributed by atoms with Crippen LogP contribution in [0.2, 0.25) is 0 Å². The Morgan fingerprint density at radius 2 is 1.95 bits per heavy atom. The van der Waals surface area contributed by atoms with Gasteiger partial charge in [-0.15, -0.1) is 0 Å². The first-order valence-electron chi connectivity index (χ1n) is 6.69. The molecule has 0 aliphatic heterocycles. The first-order chi connectivity index (χ1) is 9.26. The molecule has 1 aromatic heterocycles. The van der Waals surface area contributed by atoms with Crippen LogP contribution in [0.5, 0.6) is 0 Å². The third-order valence-electron chi connectivity index (χ3n) is 3.40. The molecule has 0 unspecified atom stereocenters. The first-order valence-corrected chi connectivity index (χ1v) is 6.69. The quantitative estimate of drug-likeness (QED) is 0.893. The molecule has 2 N–H and O–H groups in total. The molecular formula is C16H21N3. The minimum absolute atomic E-state index is 0.473. The van der Waals surface area contributed by atoms with Crippen molar-refractivity contribution in [3.05, 3.63) is 59.4 Å². The van der Waals surface area contributed by atoms with Crippen molar-refractivity contribution >= 4 is 5.69 Å². The Morgan fingerprint density at radius 3 is 2.63 bits per heavy atom. The smallest absolute Gasteiger partial charge is 0.0772 e. The monoisotopic (exact) mass is 255 g/mol. The molecule has 0 saturated heterocycles. The highest BCUT2D eigenvalue weighted by atomic mass is 15.1. The predicted octanol–water partition coefficient (Wildman–Crippen LogP) is 2.88. The minimum atomic E-state index is 0.473. The highest BCUT2D eigenvalue weighted by Crippen LogP contribution is 2.21. The molecule has 0 bridgehead atoms. The second-order valence-electron chi connectivity index (χ2n) is 4.61. The molecule has 3 nitrogen and oxygen atoms in total. The molecule has 19 heavy (non-hydrogen) atoms. The molecule has 100 valence electrons. The van der Waals surface area contributed by atoms with E-state index < -0.39 is 0 Å². The van der Waals surface area contributed by atoms with Crippen LogP contribution >= 0.6 is 0 Å². The molecule has 0 spiro atoms. The number of aromatic nitrogens is 1. The van der Waals surface area contributed by atoms with Crippen LogP contribution in [0.1, 0.15) is 23.7 Å². The maximum atomic E-state index is 5.78. The van der Waals surface area contributed by atoms with Crippen molar-refractivity contribution in [2.24, 2.45) is 5.73 Å². The van der Waals surface area contributed by atoms with E-state index >= 15 is 0 Å². The van der Waals surface area contributed by atoms with Gasteiger partial charge in [-0.3, -0.25) is 4.98 Å². The number of nitrogens with zero attached hydrogens (tertiary/aromatic N) is 2. The van der Waals surface area contributed by atoms with Gasteiger partial charge in [-0.2, -0.15) is 0 Å².